The van der Waals surface area contributed by atoms with Crippen molar-refractivity contribution in [3.63, 3.8) is 0 Å². The van der Waals surface area contributed by atoms with E-state index in [1.54, 1.807) is 11.3 Å². The van der Waals surface area contributed by atoms with Crippen LogP contribution in [0.4, 0.5) is 0 Å². The lowest BCUT2D eigenvalue weighted by Gasteiger charge is -2.33. The van der Waals surface area contributed by atoms with E-state index < -0.39 is 0 Å². The number of hydrazine groups is 1. The lowest BCUT2D eigenvalue weighted by atomic mass is 9.76. The monoisotopic (exact) mass is 252 g/mol. The average Bonchev–Trinajstić information content (AvgIpc) is 2.86. The van der Waals surface area contributed by atoms with Gasteiger partial charge < -0.3 is 0 Å². The van der Waals surface area contributed by atoms with Crippen molar-refractivity contribution < 1.29 is 0 Å². The largest absolute Gasteiger partial charge is 0.271 e. The van der Waals surface area contributed by atoms with Gasteiger partial charge in [0.25, 0.3) is 0 Å². The predicted octanol–water partition coefficient (Wildman–Crippen LogP) is 3.86. The second-order valence-electron chi connectivity index (χ2n) is 5.27. The van der Waals surface area contributed by atoms with E-state index in [9.17, 15) is 0 Å². The Balaban J connectivity index is 1.90. The van der Waals surface area contributed by atoms with Crippen LogP contribution in [-0.4, -0.2) is 0 Å². The fraction of sp³-hybridized carbons (Fsp3) is 0.714. The van der Waals surface area contributed by atoms with E-state index in [2.05, 4.69) is 29.2 Å². The van der Waals surface area contributed by atoms with E-state index in [-0.39, 0.29) is 0 Å². The molecule has 17 heavy (non-hydrogen) atoms. The van der Waals surface area contributed by atoms with Crippen LogP contribution in [0, 0.1) is 11.8 Å². The molecule has 1 heterocycles. The lowest BCUT2D eigenvalue weighted by molar-refractivity contribution is 0.215. The van der Waals surface area contributed by atoms with Crippen molar-refractivity contribution in [2.75, 3.05) is 0 Å². The van der Waals surface area contributed by atoms with E-state index in [4.69, 9.17) is 5.84 Å². The van der Waals surface area contributed by atoms with Gasteiger partial charge in [-0.05, 0) is 47.1 Å². The molecule has 1 aromatic rings. The maximum absolute atomic E-state index is 5.74. The van der Waals surface area contributed by atoms with Crippen molar-refractivity contribution in [2.45, 2.75) is 51.5 Å². The van der Waals surface area contributed by atoms with E-state index in [0.29, 0.717) is 6.04 Å². The zero-order valence-electron chi connectivity index (χ0n) is 10.7. The van der Waals surface area contributed by atoms with Crippen LogP contribution in [0.3, 0.4) is 0 Å². The summed E-state index contributed by atoms with van der Waals surface area (Å²) in [4.78, 5) is 0. The summed E-state index contributed by atoms with van der Waals surface area (Å²) in [6, 6.07) is 2.57. The highest BCUT2D eigenvalue weighted by molar-refractivity contribution is 7.07. The molecule has 1 unspecified atom stereocenters. The highest BCUT2D eigenvalue weighted by Gasteiger charge is 2.27. The van der Waals surface area contributed by atoms with Crippen LogP contribution in [0.2, 0.25) is 0 Å². The Morgan fingerprint density at radius 2 is 2.18 bits per heavy atom. The van der Waals surface area contributed by atoms with Crippen LogP contribution in [0.5, 0.6) is 0 Å². The molecule has 2 nitrogen and oxygen atoms in total. The van der Waals surface area contributed by atoms with Gasteiger partial charge in [-0.3, -0.25) is 11.3 Å². The molecule has 1 fully saturated rings. The summed E-state index contributed by atoms with van der Waals surface area (Å²) < 4.78 is 0. The average molecular weight is 252 g/mol. The molecule has 1 aliphatic rings. The third-order valence-electron chi connectivity index (χ3n) is 4.14. The van der Waals surface area contributed by atoms with Crippen molar-refractivity contribution in [3.05, 3.63) is 22.4 Å². The zero-order chi connectivity index (χ0) is 12.1. The number of nitrogens with two attached hydrogens (primary N) is 1. The van der Waals surface area contributed by atoms with Crippen molar-refractivity contribution in [1.29, 1.82) is 0 Å². The molecule has 0 spiro atoms. The zero-order valence-corrected chi connectivity index (χ0v) is 11.5. The van der Waals surface area contributed by atoms with Crippen LogP contribution in [0.25, 0.3) is 0 Å². The fourth-order valence-electron chi connectivity index (χ4n) is 3.17. The topological polar surface area (TPSA) is 38.0 Å². The quantitative estimate of drug-likeness (QED) is 0.617. The molecule has 1 aromatic heterocycles. The molecular formula is C14H24N2S. The molecule has 0 bridgehead atoms. The van der Waals surface area contributed by atoms with E-state index in [1.165, 1.54) is 44.1 Å². The lowest BCUT2D eigenvalue weighted by Crippen LogP contribution is -2.35. The molecule has 2 rings (SSSR count). The summed E-state index contributed by atoms with van der Waals surface area (Å²) in [7, 11) is 0. The minimum absolute atomic E-state index is 0.365. The fourth-order valence-corrected chi connectivity index (χ4v) is 3.87. The molecule has 1 saturated carbocycles. The first-order chi connectivity index (χ1) is 8.35. The minimum atomic E-state index is 0.365. The Hall–Kier alpha value is -0.380. The van der Waals surface area contributed by atoms with Crippen molar-refractivity contribution in [1.82, 2.24) is 5.43 Å². The molecule has 96 valence electrons. The number of nitrogens with one attached hydrogen (secondary N) is 1. The molecule has 3 N–H and O–H groups in total. The van der Waals surface area contributed by atoms with Gasteiger partial charge in [0.1, 0.15) is 0 Å². The summed E-state index contributed by atoms with van der Waals surface area (Å²) in [5, 5.41) is 4.37. The van der Waals surface area contributed by atoms with Gasteiger partial charge in [-0.1, -0.05) is 32.6 Å². The van der Waals surface area contributed by atoms with E-state index >= 15 is 0 Å². The molecule has 0 saturated heterocycles. The van der Waals surface area contributed by atoms with Crippen molar-refractivity contribution in [2.24, 2.45) is 17.7 Å². The van der Waals surface area contributed by atoms with Crippen LogP contribution in [0.1, 0.15) is 57.1 Å². The molecule has 0 aromatic carbocycles. The molecule has 1 atom stereocenters. The number of rotatable bonds is 5. The van der Waals surface area contributed by atoms with Crippen LogP contribution >= 0.6 is 11.3 Å². The van der Waals surface area contributed by atoms with Gasteiger partial charge in [0.2, 0.25) is 0 Å². The minimum Gasteiger partial charge on any atom is -0.271 e. The first-order valence-corrected chi connectivity index (χ1v) is 7.77. The van der Waals surface area contributed by atoms with Gasteiger partial charge in [-0.25, -0.2) is 0 Å². The summed E-state index contributed by atoms with van der Waals surface area (Å²) >= 11 is 1.76. The molecule has 0 radical (unpaired) electrons. The van der Waals surface area contributed by atoms with Gasteiger partial charge >= 0.3 is 0 Å². The van der Waals surface area contributed by atoms with E-state index in [1.807, 2.05) is 0 Å². The van der Waals surface area contributed by atoms with E-state index in [0.717, 1.165) is 11.8 Å². The normalized spacial score (nSPS) is 26.9. The second-order valence-corrected chi connectivity index (χ2v) is 6.05. The standard InChI is InChI=1S/C14H24N2S/c1-2-3-11-4-6-12(7-5-11)14(16-15)13-8-9-17-10-13/h8-12,14,16H,2-7,15H2,1H3. The van der Waals surface area contributed by atoms with Crippen molar-refractivity contribution >= 4 is 11.3 Å². The third kappa shape index (κ3) is 3.30. The highest BCUT2D eigenvalue weighted by atomic mass is 32.1. The Kier molecular flexibility index (Phi) is 5.01. The highest BCUT2D eigenvalue weighted by Crippen LogP contribution is 2.38. The molecule has 0 aliphatic heterocycles. The smallest absolute Gasteiger partial charge is 0.0496 e. The first kappa shape index (κ1) is 13.1. The summed E-state index contributed by atoms with van der Waals surface area (Å²) in [5.41, 5.74) is 4.40. The van der Waals surface area contributed by atoms with Gasteiger partial charge in [0, 0.05) is 6.04 Å². The maximum atomic E-state index is 5.74. The first-order valence-electron chi connectivity index (χ1n) is 6.83. The predicted molar refractivity (Wildman–Crippen MR) is 74.7 cm³/mol. The maximum Gasteiger partial charge on any atom is 0.0496 e. The number of hydrogen-bond donors (Lipinski definition) is 2. The number of thiophene rings is 1. The number of hydrogen-bond acceptors (Lipinski definition) is 3. The second kappa shape index (κ2) is 6.53. The van der Waals surface area contributed by atoms with Gasteiger partial charge in [-0.2, -0.15) is 11.3 Å². The Morgan fingerprint density at radius 1 is 1.41 bits per heavy atom. The summed E-state index contributed by atoms with van der Waals surface area (Å²) in [6.07, 6.45) is 8.18. The molecule has 1 aliphatic carbocycles. The van der Waals surface area contributed by atoms with Crippen LogP contribution < -0.4 is 11.3 Å². The molecular weight excluding hydrogens is 228 g/mol. The Labute approximate surface area is 109 Å². The summed E-state index contributed by atoms with van der Waals surface area (Å²) in [6.45, 7) is 2.29. The Morgan fingerprint density at radius 3 is 2.71 bits per heavy atom. The van der Waals surface area contributed by atoms with Gasteiger partial charge in [0.05, 0.1) is 0 Å². The SMILES string of the molecule is CCCC1CCC(C(NN)c2ccsc2)CC1. The van der Waals surface area contributed by atoms with Crippen LogP contribution in [-0.2, 0) is 0 Å². The Bertz CT molecular complexity index is 302. The summed E-state index contributed by atoms with van der Waals surface area (Å²) in [5.74, 6) is 7.44. The molecule has 3 heteroatoms. The van der Waals surface area contributed by atoms with Gasteiger partial charge in [-0.15, -0.1) is 0 Å². The third-order valence-corrected chi connectivity index (χ3v) is 4.84. The van der Waals surface area contributed by atoms with Gasteiger partial charge in [0.15, 0.2) is 0 Å². The van der Waals surface area contributed by atoms with Crippen LogP contribution in [0.15, 0.2) is 16.8 Å². The molecule has 0 amide bonds. The van der Waals surface area contributed by atoms with Crippen molar-refractivity contribution in [3.8, 4) is 0 Å².